The van der Waals surface area contributed by atoms with Crippen LogP contribution in [0.25, 0.3) is 10.8 Å². The molecule has 72 valence electrons. The van der Waals surface area contributed by atoms with Crippen LogP contribution in [0.15, 0.2) is 42.5 Å². The van der Waals surface area contributed by atoms with Crippen LogP contribution in [0.3, 0.4) is 0 Å². The summed E-state index contributed by atoms with van der Waals surface area (Å²) in [6.07, 6.45) is 0. The van der Waals surface area contributed by atoms with Crippen molar-refractivity contribution in [3.8, 4) is 0 Å². The maximum atomic E-state index is 11.9. The molecule has 0 spiro atoms. The average molecular weight is 207 g/mol. The number of benzene rings is 2. The van der Waals surface area contributed by atoms with Crippen molar-refractivity contribution in [3.63, 3.8) is 0 Å². The molecule has 0 bridgehead atoms. The van der Waals surface area contributed by atoms with Gasteiger partial charge in [-0.2, -0.15) is 0 Å². The van der Waals surface area contributed by atoms with Gasteiger partial charge in [0.05, 0.1) is 0 Å². The zero-order valence-electron chi connectivity index (χ0n) is 7.53. The quantitative estimate of drug-likeness (QED) is 0.773. The summed E-state index contributed by atoms with van der Waals surface area (Å²) in [4.78, 5) is 0. The third-order valence-electron chi connectivity index (χ3n) is 2.20. The highest BCUT2D eigenvalue weighted by Crippen LogP contribution is 2.18. The second-order valence-corrected chi connectivity index (χ2v) is 3.48. The highest BCUT2D eigenvalue weighted by Gasteiger charge is 1.98. The Hall–Kier alpha value is -1.06. The first-order valence-electron chi connectivity index (χ1n) is 4.39. The van der Waals surface area contributed by atoms with Gasteiger partial charge in [0.25, 0.3) is 0 Å². The SMILES string of the molecule is FSNCc1cccc2ccccc12. The second-order valence-electron chi connectivity index (χ2n) is 3.04. The van der Waals surface area contributed by atoms with Crippen molar-refractivity contribution in [2.75, 3.05) is 0 Å². The minimum Gasteiger partial charge on any atom is -0.231 e. The number of nitrogens with one attached hydrogen (secondary N) is 1. The lowest BCUT2D eigenvalue weighted by Crippen LogP contribution is -2.01. The summed E-state index contributed by atoms with van der Waals surface area (Å²) < 4.78 is 14.5. The third-order valence-corrected chi connectivity index (χ3v) is 2.45. The molecule has 0 saturated heterocycles. The molecular formula is C11H10FNS. The smallest absolute Gasteiger partial charge is 0.131 e. The Bertz CT molecular complexity index is 425. The van der Waals surface area contributed by atoms with E-state index in [0.29, 0.717) is 6.54 Å². The fourth-order valence-corrected chi connectivity index (χ4v) is 1.76. The lowest BCUT2D eigenvalue weighted by Gasteiger charge is -2.04. The molecule has 0 fully saturated rings. The van der Waals surface area contributed by atoms with Gasteiger partial charge in [0.15, 0.2) is 0 Å². The Labute approximate surface area is 86.7 Å². The lowest BCUT2D eigenvalue weighted by molar-refractivity contribution is 0.876. The van der Waals surface area contributed by atoms with E-state index in [2.05, 4.69) is 22.9 Å². The summed E-state index contributed by atoms with van der Waals surface area (Å²) in [6.45, 7) is 0.544. The molecule has 0 radical (unpaired) electrons. The van der Waals surface area contributed by atoms with Gasteiger partial charge < -0.3 is 0 Å². The molecule has 14 heavy (non-hydrogen) atoms. The first kappa shape index (κ1) is 9.49. The van der Waals surface area contributed by atoms with E-state index in [1.807, 2.05) is 24.3 Å². The Morgan fingerprint density at radius 1 is 1.07 bits per heavy atom. The van der Waals surface area contributed by atoms with Gasteiger partial charge in [-0.05, 0) is 16.3 Å². The largest absolute Gasteiger partial charge is 0.231 e. The summed E-state index contributed by atoms with van der Waals surface area (Å²) in [5.41, 5.74) is 1.12. The van der Waals surface area contributed by atoms with Crippen LogP contribution in [-0.2, 0) is 6.54 Å². The number of hydrogen-bond donors (Lipinski definition) is 1. The van der Waals surface area contributed by atoms with E-state index >= 15 is 0 Å². The molecule has 1 N–H and O–H groups in total. The zero-order chi connectivity index (χ0) is 9.80. The second kappa shape index (κ2) is 4.44. The fourth-order valence-electron chi connectivity index (χ4n) is 1.55. The Morgan fingerprint density at radius 3 is 2.71 bits per heavy atom. The standard InChI is InChI=1S/C11H10FNS/c12-14-13-8-10-6-3-5-9-4-1-2-7-11(9)10/h1-7,13H,8H2. The van der Waals surface area contributed by atoms with Crippen LogP contribution in [0, 0.1) is 0 Å². The van der Waals surface area contributed by atoms with Crippen molar-refractivity contribution >= 4 is 23.1 Å². The predicted octanol–water partition coefficient (Wildman–Crippen LogP) is 3.46. The number of fused-ring (bicyclic) bond motifs is 1. The molecular weight excluding hydrogens is 197 g/mol. The van der Waals surface area contributed by atoms with Crippen LogP contribution in [0.2, 0.25) is 0 Å². The van der Waals surface area contributed by atoms with Crippen LogP contribution in [0.4, 0.5) is 3.89 Å². The highest BCUT2D eigenvalue weighted by atomic mass is 32.2. The summed E-state index contributed by atoms with van der Waals surface area (Å²) in [7, 11) is 0. The average Bonchev–Trinajstić information content (AvgIpc) is 2.26. The molecule has 0 saturated carbocycles. The molecule has 2 aromatic rings. The topological polar surface area (TPSA) is 12.0 Å². The van der Waals surface area contributed by atoms with Crippen LogP contribution in [-0.4, -0.2) is 0 Å². The Morgan fingerprint density at radius 2 is 1.86 bits per heavy atom. The fraction of sp³-hybridized carbons (Fsp3) is 0.0909. The van der Waals surface area contributed by atoms with E-state index in [4.69, 9.17) is 0 Å². The van der Waals surface area contributed by atoms with Gasteiger partial charge in [-0.15, -0.1) is 3.89 Å². The van der Waals surface area contributed by atoms with Crippen molar-refractivity contribution in [3.05, 3.63) is 48.0 Å². The van der Waals surface area contributed by atoms with Crippen molar-refractivity contribution in [2.45, 2.75) is 6.54 Å². The normalized spacial score (nSPS) is 10.6. The van der Waals surface area contributed by atoms with E-state index in [9.17, 15) is 3.89 Å². The molecule has 2 aromatic carbocycles. The van der Waals surface area contributed by atoms with E-state index in [0.717, 1.165) is 5.56 Å². The van der Waals surface area contributed by atoms with Gasteiger partial charge in [0.2, 0.25) is 0 Å². The molecule has 0 aliphatic carbocycles. The van der Waals surface area contributed by atoms with E-state index in [-0.39, 0.29) is 12.3 Å². The van der Waals surface area contributed by atoms with Gasteiger partial charge in [0, 0.05) is 6.54 Å². The highest BCUT2D eigenvalue weighted by molar-refractivity contribution is 7.92. The molecule has 0 aliphatic rings. The molecule has 0 unspecified atom stereocenters. The molecule has 0 heterocycles. The summed E-state index contributed by atoms with van der Waals surface area (Å²) in [5, 5.41) is 2.37. The Balaban J connectivity index is 2.43. The number of hydrogen-bond acceptors (Lipinski definition) is 2. The predicted molar refractivity (Wildman–Crippen MR) is 59.5 cm³/mol. The molecule has 2 rings (SSSR count). The molecule has 0 aliphatic heterocycles. The molecule has 1 nitrogen and oxygen atoms in total. The van der Waals surface area contributed by atoms with Gasteiger partial charge in [-0.3, -0.25) is 0 Å². The maximum Gasteiger partial charge on any atom is 0.131 e. The van der Waals surface area contributed by atoms with Crippen LogP contribution < -0.4 is 4.72 Å². The first-order chi connectivity index (χ1) is 6.92. The van der Waals surface area contributed by atoms with Crippen molar-refractivity contribution in [1.82, 2.24) is 4.72 Å². The van der Waals surface area contributed by atoms with Gasteiger partial charge in [0.1, 0.15) is 12.3 Å². The Kier molecular flexibility index (Phi) is 3.01. The first-order valence-corrected chi connectivity index (χ1v) is 5.10. The molecule has 0 atom stereocenters. The summed E-state index contributed by atoms with van der Waals surface area (Å²) in [5.74, 6) is 0. The van der Waals surface area contributed by atoms with Crippen LogP contribution >= 0.6 is 12.3 Å². The van der Waals surface area contributed by atoms with Gasteiger partial charge in [-0.1, -0.05) is 42.5 Å². The third kappa shape index (κ3) is 1.89. The van der Waals surface area contributed by atoms with Crippen molar-refractivity contribution < 1.29 is 3.89 Å². The molecule has 3 heteroatoms. The minimum atomic E-state index is 0.155. The molecule has 0 amide bonds. The van der Waals surface area contributed by atoms with Crippen molar-refractivity contribution in [2.24, 2.45) is 0 Å². The summed E-state index contributed by atoms with van der Waals surface area (Å²) in [6, 6.07) is 14.2. The van der Waals surface area contributed by atoms with E-state index in [1.54, 1.807) is 0 Å². The van der Waals surface area contributed by atoms with Gasteiger partial charge >= 0.3 is 0 Å². The monoisotopic (exact) mass is 207 g/mol. The van der Waals surface area contributed by atoms with E-state index in [1.165, 1.54) is 10.8 Å². The minimum absolute atomic E-state index is 0.155. The maximum absolute atomic E-state index is 11.9. The van der Waals surface area contributed by atoms with Crippen LogP contribution in [0.1, 0.15) is 5.56 Å². The lowest BCUT2D eigenvalue weighted by atomic mass is 10.1. The zero-order valence-corrected chi connectivity index (χ0v) is 8.35. The number of rotatable bonds is 3. The number of halogens is 1. The molecule has 0 aromatic heterocycles. The van der Waals surface area contributed by atoms with E-state index < -0.39 is 0 Å². The van der Waals surface area contributed by atoms with Crippen LogP contribution in [0.5, 0.6) is 0 Å². The van der Waals surface area contributed by atoms with Gasteiger partial charge in [-0.25, -0.2) is 4.72 Å². The van der Waals surface area contributed by atoms with Crippen molar-refractivity contribution in [1.29, 1.82) is 0 Å². The summed E-state index contributed by atoms with van der Waals surface area (Å²) >= 11 is 0.155.